The van der Waals surface area contributed by atoms with Gasteiger partial charge in [-0.3, -0.25) is 0 Å². The second-order valence-corrected chi connectivity index (χ2v) is 14.4. The first-order valence-corrected chi connectivity index (χ1v) is 18.7. The monoisotopic (exact) mass is 682 g/mol. The van der Waals surface area contributed by atoms with Crippen LogP contribution < -0.4 is 0 Å². The van der Waals surface area contributed by atoms with Crippen molar-refractivity contribution in [3.63, 3.8) is 0 Å². The Kier molecular flexibility index (Phi) is 6.97. The average Bonchev–Trinajstić information content (AvgIpc) is 3.24. The summed E-state index contributed by atoms with van der Waals surface area (Å²) < 4.78 is 0. The molecule has 0 amide bonds. The van der Waals surface area contributed by atoms with Gasteiger partial charge in [0.1, 0.15) is 0 Å². The molecule has 0 bridgehead atoms. The minimum atomic E-state index is 1.21. The fraction of sp³-hybridized carbons (Fsp3) is 0. The van der Waals surface area contributed by atoms with E-state index < -0.39 is 0 Å². The lowest BCUT2D eigenvalue weighted by Gasteiger charge is -2.20. The second kappa shape index (κ2) is 12.3. The summed E-state index contributed by atoms with van der Waals surface area (Å²) in [6.45, 7) is 0. The fourth-order valence-corrected chi connectivity index (χ4v) is 8.80. The molecule has 0 aromatic heterocycles. The molecule has 54 heavy (non-hydrogen) atoms. The zero-order chi connectivity index (χ0) is 35.6. The number of fused-ring (bicyclic) bond motifs is 6. The number of rotatable bonds is 4. The standard InChI is InChI=1S/C54H34/c1-2-14-38-31-39(24-23-35(38)11-1)40-25-26-42-33-43(28-27-41(42)32-40)44-29-30-51-52(34-44)54(48-22-10-16-37-13-4-6-18-46(37)48)50-20-8-7-19-49(50)53(51)47-21-9-15-36-12-3-5-17-45(36)47/h1-34H. The van der Waals surface area contributed by atoms with Gasteiger partial charge < -0.3 is 0 Å². The maximum Gasteiger partial charge on any atom is -0.00199 e. The molecule has 0 radical (unpaired) electrons. The molecule has 0 heterocycles. The van der Waals surface area contributed by atoms with Crippen molar-refractivity contribution in [3.05, 3.63) is 206 Å². The fourth-order valence-electron chi connectivity index (χ4n) is 8.80. The highest BCUT2D eigenvalue weighted by atomic mass is 14.2. The average molecular weight is 683 g/mol. The summed E-state index contributed by atoms with van der Waals surface area (Å²) in [5.74, 6) is 0. The Labute approximate surface area is 314 Å². The first kappa shape index (κ1) is 30.6. The Balaban J connectivity index is 1.15. The van der Waals surface area contributed by atoms with Crippen molar-refractivity contribution >= 4 is 64.6 Å². The molecule has 250 valence electrons. The molecule has 11 rings (SSSR count). The van der Waals surface area contributed by atoms with Gasteiger partial charge in [-0.1, -0.05) is 182 Å². The summed E-state index contributed by atoms with van der Waals surface area (Å²) in [5.41, 5.74) is 9.99. The molecule has 0 atom stereocenters. The van der Waals surface area contributed by atoms with Crippen LogP contribution in [0.25, 0.3) is 109 Å². The molecule has 0 saturated heterocycles. The zero-order valence-electron chi connectivity index (χ0n) is 29.6. The molecule has 0 fully saturated rings. The molecule has 0 aliphatic carbocycles. The highest BCUT2D eigenvalue weighted by molar-refractivity contribution is 6.25. The van der Waals surface area contributed by atoms with E-state index in [-0.39, 0.29) is 0 Å². The van der Waals surface area contributed by atoms with Gasteiger partial charge in [-0.2, -0.15) is 0 Å². The third-order valence-corrected chi connectivity index (χ3v) is 11.4. The topological polar surface area (TPSA) is 0 Å². The van der Waals surface area contributed by atoms with Crippen LogP contribution in [0.3, 0.4) is 0 Å². The van der Waals surface area contributed by atoms with Crippen molar-refractivity contribution in [2.75, 3.05) is 0 Å². The molecule has 0 spiro atoms. The van der Waals surface area contributed by atoms with E-state index in [9.17, 15) is 0 Å². The highest BCUT2D eigenvalue weighted by Crippen LogP contribution is 2.47. The molecule has 0 heteroatoms. The smallest absolute Gasteiger partial charge is 0.00199 e. The van der Waals surface area contributed by atoms with Crippen LogP contribution in [0.2, 0.25) is 0 Å². The Morgan fingerprint density at radius 2 is 0.537 bits per heavy atom. The molecule has 0 nitrogen and oxygen atoms in total. The second-order valence-electron chi connectivity index (χ2n) is 14.4. The largest absolute Gasteiger partial charge is 0.0616 e. The molecule has 0 unspecified atom stereocenters. The van der Waals surface area contributed by atoms with Gasteiger partial charge in [0.2, 0.25) is 0 Å². The third-order valence-electron chi connectivity index (χ3n) is 11.4. The van der Waals surface area contributed by atoms with Gasteiger partial charge in [0.25, 0.3) is 0 Å². The van der Waals surface area contributed by atoms with Crippen molar-refractivity contribution in [2.45, 2.75) is 0 Å². The molecule has 0 aliphatic heterocycles. The van der Waals surface area contributed by atoms with E-state index in [0.29, 0.717) is 0 Å². The van der Waals surface area contributed by atoms with Crippen molar-refractivity contribution in [1.29, 1.82) is 0 Å². The van der Waals surface area contributed by atoms with Crippen molar-refractivity contribution < 1.29 is 0 Å². The minimum absolute atomic E-state index is 1.21. The summed E-state index contributed by atoms with van der Waals surface area (Å²) in [7, 11) is 0. The van der Waals surface area contributed by atoms with Crippen LogP contribution in [0.5, 0.6) is 0 Å². The van der Waals surface area contributed by atoms with Crippen LogP contribution in [0.4, 0.5) is 0 Å². The third kappa shape index (κ3) is 4.92. The number of hydrogen-bond acceptors (Lipinski definition) is 0. The van der Waals surface area contributed by atoms with Gasteiger partial charge >= 0.3 is 0 Å². The summed E-state index contributed by atoms with van der Waals surface area (Å²) >= 11 is 0. The van der Waals surface area contributed by atoms with Crippen LogP contribution in [-0.2, 0) is 0 Å². The minimum Gasteiger partial charge on any atom is -0.0616 e. The lowest BCUT2D eigenvalue weighted by atomic mass is 9.83. The Bertz CT molecular complexity index is 3260. The van der Waals surface area contributed by atoms with Crippen molar-refractivity contribution in [1.82, 2.24) is 0 Å². The molecule has 11 aromatic carbocycles. The Morgan fingerprint density at radius 3 is 1.09 bits per heavy atom. The Morgan fingerprint density at radius 1 is 0.185 bits per heavy atom. The van der Waals surface area contributed by atoms with E-state index in [1.165, 1.54) is 109 Å². The summed E-state index contributed by atoms with van der Waals surface area (Å²) in [6.07, 6.45) is 0. The molecule has 0 N–H and O–H groups in total. The molecule has 11 aromatic rings. The van der Waals surface area contributed by atoms with Gasteiger partial charge in [-0.15, -0.1) is 0 Å². The van der Waals surface area contributed by atoms with Crippen molar-refractivity contribution in [3.8, 4) is 44.5 Å². The Hall–Kier alpha value is -7.02. The summed E-state index contributed by atoms with van der Waals surface area (Å²) in [4.78, 5) is 0. The van der Waals surface area contributed by atoms with Gasteiger partial charge in [0.05, 0.1) is 0 Å². The van der Waals surface area contributed by atoms with Crippen molar-refractivity contribution in [2.24, 2.45) is 0 Å². The van der Waals surface area contributed by atoms with Gasteiger partial charge in [0.15, 0.2) is 0 Å². The zero-order valence-corrected chi connectivity index (χ0v) is 29.6. The first-order valence-electron chi connectivity index (χ1n) is 18.7. The quantitative estimate of drug-likeness (QED) is 0.162. The predicted octanol–water partition coefficient (Wildman–Crippen LogP) is 15.3. The summed E-state index contributed by atoms with van der Waals surface area (Å²) in [6, 6.07) is 76.2. The van der Waals surface area contributed by atoms with E-state index in [0.717, 1.165) is 0 Å². The van der Waals surface area contributed by atoms with Crippen LogP contribution in [0.15, 0.2) is 206 Å². The van der Waals surface area contributed by atoms with E-state index in [1.54, 1.807) is 0 Å². The van der Waals surface area contributed by atoms with E-state index in [4.69, 9.17) is 0 Å². The van der Waals surface area contributed by atoms with E-state index in [2.05, 4.69) is 206 Å². The number of hydrogen-bond donors (Lipinski definition) is 0. The normalized spacial score (nSPS) is 11.7. The molecule has 0 aliphatic rings. The van der Waals surface area contributed by atoms with Gasteiger partial charge in [0, 0.05) is 0 Å². The lowest BCUT2D eigenvalue weighted by molar-refractivity contribution is 1.65. The van der Waals surface area contributed by atoms with Gasteiger partial charge in [-0.25, -0.2) is 0 Å². The summed E-state index contributed by atoms with van der Waals surface area (Å²) in [5, 5.41) is 15.1. The molecular weight excluding hydrogens is 649 g/mol. The van der Waals surface area contributed by atoms with E-state index in [1.807, 2.05) is 0 Å². The lowest BCUT2D eigenvalue weighted by Crippen LogP contribution is -1.93. The number of benzene rings is 11. The molecular formula is C54H34. The van der Waals surface area contributed by atoms with E-state index >= 15 is 0 Å². The van der Waals surface area contributed by atoms with Crippen LogP contribution >= 0.6 is 0 Å². The van der Waals surface area contributed by atoms with Crippen LogP contribution in [0.1, 0.15) is 0 Å². The highest BCUT2D eigenvalue weighted by Gasteiger charge is 2.20. The molecule has 0 saturated carbocycles. The van der Waals surface area contributed by atoms with Crippen LogP contribution in [0, 0.1) is 0 Å². The maximum absolute atomic E-state index is 2.44. The SMILES string of the molecule is c1ccc2cc(-c3ccc4cc(-c5ccc6c(-c7cccc8ccccc78)c7ccccc7c(-c7cccc8ccccc78)c6c5)ccc4c3)ccc2c1. The maximum atomic E-state index is 2.44. The first-order chi connectivity index (χ1) is 26.8. The van der Waals surface area contributed by atoms with Crippen LogP contribution in [-0.4, -0.2) is 0 Å². The van der Waals surface area contributed by atoms with Gasteiger partial charge in [-0.05, 0) is 133 Å². The predicted molar refractivity (Wildman–Crippen MR) is 233 cm³/mol.